The lowest BCUT2D eigenvalue weighted by Crippen LogP contribution is -2.55. The monoisotopic (exact) mass is 305 g/mol. The molecular formula is C17H27N3O2. The quantitative estimate of drug-likeness (QED) is 0.821. The fourth-order valence-corrected chi connectivity index (χ4v) is 2.79. The average Bonchev–Trinajstić information content (AvgIpc) is 2.56. The highest BCUT2D eigenvalue weighted by atomic mass is 16.5. The second kappa shape index (κ2) is 7.72. The van der Waals surface area contributed by atoms with Gasteiger partial charge in [-0.05, 0) is 19.4 Å². The Balaban J connectivity index is 1.93. The summed E-state index contributed by atoms with van der Waals surface area (Å²) in [7, 11) is 0. The molecule has 2 rings (SSSR count). The summed E-state index contributed by atoms with van der Waals surface area (Å²) in [6, 6.07) is 9.71. The number of carbonyl (C=O) groups excluding carboxylic acids is 1. The Labute approximate surface area is 132 Å². The van der Waals surface area contributed by atoms with Crippen LogP contribution >= 0.6 is 0 Å². The van der Waals surface area contributed by atoms with E-state index < -0.39 is 0 Å². The molecule has 0 radical (unpaired) electrons. The van der Waals surface area contributed by atoms with Crippen molar-refractivity contribution in [3.8, 4) is 0 Å². The lowest BCUT2D eigenvalue weighted by molar-refractivity contribution is -0.123. The number of hydrogen-bond donors (Lipinski definition) is 2. The van der Waals surface area contributed by atoms with Crippen LogP contribution < -0.4 is 11.1 Å². The van der Waals surface area contributed by atoms with Crippen molar-refractivity contribution >= 4 is 5.91 Å². The number of amides is 1. The number of morpholine rings is 1. The van der Waals surface area contributed by atoms with Crippen LogP contribution in [0.1, 0.15) is 25.3 Å². The highest BCUT2D eigenvalue weighted by molar-refractivity contribution is 5.84. The van der Waals surface area contributed by atoms with Crippen LogP contribution in [0.3, 0.4) is 0 Å². The maximum absolute atomic E-state index is 12.5. The van der Waals surface area contributed by atoms with E-state index in [2.05, 4.69) is 24.1 Å². The standard InChI is InChI=1S/C17H27N3O2/c1-17(2,20-8-10-22-11-9-20)13-19-16(21)15(12-18)14-6-4-3-5-7-14/h3-7,15H,8-13,18H2,1-2H3,(H,19,21). The molecular weight excluding hydrogens is 278 g/mol. The number of nitrogens with two attached hydrogens (primary N) is 1. The zero-order valence-corrected chi connectivity index (χ0v) is 13.5. The van der Waals surface area contributed by atoms with Crippen LogP contribution in [0, 0.1) is 0 Å². The van der Waals surface area contributed by atoms with E-state index in [1.54, 1.807) is 0 Å². The predicted molar refractivity (Wildman–Crippen MR) is 87.7 cm³/mol. The first-order valence-electron chi connectivity index (χ1n) is 7.90. The van der Waals surface area contributed by atoms with Crippen LogP contribution in [-0.4, -0.2) is 55.7 Å². The van der Waals surface area contributed by atoms with Crippen molar-refractivity contribution in [2.24, 2.45) is 5.73 Å². The number of benzene rings is 1. The van der Waals surface area contributed by atoms with Crippen LogP contribution in [0.25, 0.3) is 0 Å². The second-order valence-electron chi connectivity index (χ2n) is 6.33. The van der Waals surface area contributed by atoms with Crippen LogP contribution in [0.15, 0.2) is 30.3 Å². The summed E-state index contributed by atoms with van der Waals surface area (Å²) in [4.78, 5) is 14.8. The van der Waals surface area contributed by atoms with E-state index in [1.165, 1.54) is 0 Å². The molecule has 1 amide bonds. The Kier molecular flexibility index (Phi) is 5.94. The molecule has 122 valence electrons. The van der Waals surface area contributed by atoms with Crippen molar-refractivity contribution in [2.75, 3.05) is 39.4 Å². The summed E-state index contributed by atoms with van der Waals surface area (Å²) in [5, 5.41) is 3.07. The first-order valence-corrected chi connectivity index (χ1v) is 7.90. The number of ether oxygens (including phenoxy) is 1. The van der Waals surface area contributed by atoms with E-state index in [1.807, 2.05) is 30.3 Å². The Morgan fingerprint density at radius 1 is 1.32 bits per heavy atom. The highest BCUT2D eigenvalue weighted by Gasteiger charge is 2.29. The lowest BCUT2D eigenvalue weighted by Gasteiger charge is -2.41. The topological polar surface area (TPSA) is 67.6 Å². The van der Waals surface area contributed by atoms with Crippen molar-refractivity contribution in [1.82, 2.24) is 10.2 Å². The Morgan fingerprint density at radius 2 is 1.95 bits per heavy atom. The normalized spacial score (nSPS) is 18.0. The third-order valence-electron chi connectivity index (χ3n) is 4.32. The third kappa shape index (κ3) is 4.29. The number of nitrogens with zero attached hydrogens (tertiary/aromatic N) is 1. The van der Waals surface area contributed by atoms with Crippen LogP contribution in [0.4, 0.5) is 0 Å². The molecule has 3 N–H and O–H groups in total. The molecule has 5 nitrogen and oxygen atoms in total. The molecule has 1 heterocycles. The van der Waals surface area contributed by atoms with E-state index in [0.717, 1.165) is 31.9 Å². The van der Waals surface area contributed by atoms with Gasteiger partial charge < -0.3 is 15.8 Å². The summed E-state index contributed by atoms with van der Waals surface area (Å²) in [5.41, 5.74) is 6.68. The van der Waals surface area contributed by atoms with Gasteiger partial charge in [-0.25, -0.2) is 0 Å². The number of rotatable bonds is 6. The number of carbonyl (C=O) groups is 1. The zero-order chi connectivity index (χ0) is 16.0. The van der Waals surface area contributed by atoms with Gasteiger partial charge in [0.25, 0.3) is 0 Å². The van der Waals surface area contributed by atoms with Gasteiger partial charge in [-0.1, -0.05) is 30.3 Å². The van der Waals surface area contributed by atoms with Gasteiger partial charge >= 0.3 is 0 Å². The summed E-state index contributed by atoms with van der Waals surface area (Å²) in [5.74, 6) is -0.295. The fraction of sp³-hybridized carbons (Fsp3) is 0.588. The van der Waals surface area contributed by atoms with Crippen LogP contribution in [-0.2, 0) is 9.53 Å². The van der Waals surface area contributed by atoms with Gasteiger partial charge in [0.1, 0.15) is 0 Å². The average molecular weight is 305 g/mol. The van der Waals surface area contributed by atoms with Gasteiger partial charge in [0.2, 0.25) is 5.91 Å². The smallest absolute Gasteiger partial charge is 0.228 e. The van der Waals surface area contributed by atoms with Crippen LogP contribution in [0.2, 0.25) is 0 Å². The van der Waals surface area contributed by atoms with Crippen molar-refractivity contribution in [2.45, 2.75) is 25.3 Å². The van der Waals surface area contributed by atoms with Gasteiger partial charge in [0.15, 0.2) is 0 Å². The highest BCUT2D eigenvalue weighted by Crippen LogP contribution is 2.17. The van der Waals surface area contributed by atoms with E-state index in [4.69, 9.17) is 10.5 Å². The Hall–Kier alpha value is -1.43. The van der Waals surface area contributed by atoms with E-state index in [0.29, 0.717) is 13.1 Å². The Morgan fingerprint density at radius 3 is 2.55 bits per heavy atom. The Bertz CT molecular complexity index is 470. The number of hydrogen-bond acceptors (Lipinski definition) is 4. The van der Waals surface area contributed by atoms with E-state index in [-0.39, 0.29) is 17.4 Å². The largest absolute Gasteiger partial charge is 0.379 e. The molecule has 0 saturated carbocycles. The maximum Gasteiger partial charge on any atom is 0.228 e. The fourth-order valence-electron chi connectivity index (χ4n) is 2.79. The molecule has 1 aliphatic rings. The minimum Gasteiger partial charge on any atom is -0.379 e. The van der Waals surface area contributed by atoms with Gasteiger partial charge in [-0.15, -0.1) is 0 Å². The molecule has 1 fully saturated rings. The van der Waals surface area contributed by atoms with Crippen LogP contribution in [0.5, 0.6) is 0 Å². The molecule has 0 spiro atoms. The summed E-state index contributed by atoms with van der Waals surface area (Å²) in [6.07, 6.45) is 0. The van der Waals surface area contributed by atoms with E-state index in [9.17, 15) is 4.79 Å². The maximum atomic E-state index is 12.5. The van der Waals surface area contributed by atoms with Gasteiger partial charge in [-0.2, -0.15) is 0 Å². The summed E-state index contributed by atoms with van der Waals surface area (Å²) < 4.78 is 5.39. The number of nitrogens with one attached hydrogen (secondary N) is 1. The molecule has 0 aromatic heterocycles. The molecule has 5 heteroatoms. The summed E-state index contributed by atoms with van der Waals surface area (Å²) >= 11 is 0. The summed E-state index contributed by atoms with van der Waals surface area (Å²) in [6.45, 7) is 8.55. The SMILES string of the molecule is CC(C)(CNC(=O)C(CN)c1ccccc1)N1CCOCC1. The van der Waals surface area contributed by atoms with E-state index >= 15 is 0 Å². The molecule has 1 atom stereocenters. The molecule has 22 heavy (non-hydrogen) atoms. The van der Waals surface area contributed by atoms with Crippen molar-refractivity contribution < 1.29 is 9.53 Å². The molecule has 1 aliphatic heterocycles. The molecule has 1 aromatic rings. The first-order chi connectivity index (χ1) is 10.5. The molecule has 1 saturated heterocycles. The minimum absolute atomic E-state index is 0.00460. The molecule has 0 aliphatic carbocycles. The van der Waals surface area contributed by atoms with Crippen molar-refractivity contribution in [1.29, 1.82) is 0 Å². The van der Waals surface area contributed by atoms with Crippen molar-refractivity contribution in [3.63, 3.8) is 0 Å². The van der Waals surface area contributed by atoms with Gasteiger partial charge in [0.05, 0.1) is 19.1 Å². The van der Waals surface area contributed by atoms with Gasteiger partial charge in [0, 0.05) is 31.7 Å². The predicted octanol–water partition coefficient (Wildman–Crippen LogP) is 0.956. The van der Waals surface area contributed by atoms with Crippen molar-refractivity contribution in [3.05, 3.63) is 35.9 Å². The zero-order valence-electron chi connectivity index (χ0n) is 13.5. The van der Waals surface area contributed by atoms with Gasteiger partial charge in [-0.3, -0.25) is 9.69 Å². The third-order valence-corrected chi connectivity index (χ3v) is 4.32. The molecule has 1 unspecified atom stereocenters. The molecule has 0 bridgehead atoms. The minimum atomic E-state index is -0.290. The lowest BCUT2D eigenvalue weighted by atomic mass is 9.97. The molecule has 1 aromatic carbocycles. The second-order valence-corrected chi connectivity index (χ2v) is 6.33. The first kappa shape index (κ1) is 16.9.